The summed E-state index contributed by atoms with van der Waals surface area (Å²) in [6, 6.07) is 3.79. The first-order chi connectivity index (χ1) is 11.2. The summed E-state index contributed by atoms with van der Waals surface area (Å²) in [5, 5.41) is 9.56. The quantitative estimate of drug-likeness (QED) is 0.756. The van der Waals surface area contributed by atoms with Crippen molar-refractivity contribution in [2.24, 2.45) is 0 Å². The molecule has 0 amide bonds. The number of hydrogen-bond donors (Lipinski definition) is 0. The first-order valence-corrected chi connectivity index (χ1v) is 9.13. The molecule has 126 valence electrons. The van der Waals surface area contributed by atoms with Gasteiger partial charge < -0.3 is 9.15 Å². The van der Waals surface area contributed by atoms with Crippen LogP contribution in [-0.2, 0) is 11.3 Å². The lowest BCUT2D eigenvalue weighted by atomic mass is 10.2. The predicted molar refractivity (Wildman–Crippen MR) is 90.6 cm³/mol. The fourth-order valence-electron chi connectivity index (χ4n) is 3.00. The third-order valence-electron chi connectivity index (χ3n) is 3.91. The van der Waals surface area contributed by atoms with Crippen LogP contribution in [-0.4, -0.2) is 57.3 Å². The standard InChI is InChI=1S/C16H24N4O2S/c1-4-20-15(14-6-5-8-21-14)17-18-16(20)23-9-7-19-10-12(2)22-13(3)11-19/h5-6,8,12-13H,4,7,9-11H2,1-3H3. The molecule has 2 aromatic rings. The molecule has 6 nitrogen and oxygen atoms in total. The molecule has 0 radical (unpaired) electrons. The lowest BCUT2D eigenvalue weighted by Gasteiger charge is -2.35. The monoisotopic (exact) mass is 336 g/mol. The molecule has 1 aliphatic heterocycles. The Kier molecular flexibility index (Phi) is 5.40. The molecule has 2 atom stereocenters. The molecule has 0 saturated carbocycles. The topological polar surface area (TPSA) is 56.3 Å². The van der Waals surface area contributed by atoms with Gasteiger partial charge in [0.2, 0.25) is 0 Å². The fraction of sp³-hybridized carbons (Fsp3) is 0.625. The molecule has 1 fully saturated rings. The Morgan fingerprint density at radius 1 is 1.26 bits per heavy atom. The SMILES string of the molecule is CCn1c(SCCN2CC(C)OC(C)C2)nnc1-c1ccco1. The third-order valence-corrected chi connectivity index (χ3v) is 4.86. The molecule has 2 unspecified atom stereocenters. The average molecular weight is 336 g/mol. The molecule has 0 aromatic carbocycles. The second-order valence-electron chi connectivity index (χ2n) is 5.89. The van der Waals surface area contributed by atoms with Gasteiger partial charge in [-0.05, 0) is 32.9 Å². The highest BCUT2D eigenvalue weighted by atomic mass is 32.2. The second-order valence-corrected chi connectivity index (χ2v) is 6.96. The first kappa shape index (κ1) is 16.5. The molecule has 0 N–H and O–H groups in total. The maximum Gasteiger partial charge on any atom is 0.200 e. The average Bonchev–Trinajstić information content (AvgIpc) is 3.14. The summed E-state index contributed by atoms with van der Waals surface area (Å²) in [6.45, 7) is 10.3. The number of ether oxygens (including phenoxy) is 1. The minimum Gasteiger partial charge on any atom is -0.461 e. The van der Waals surface area contributed by atoms with Crippen molar-refractivity contribution in [3.8, 4) is 11.6 Å². The van der Waals surface area contributed by atoms with E-state index in [0.717, 1.165) is 48.7 Å². The number of nitrogens with zero attached hydrogens (tertiary/aromatic N) is 4. The van der Waals surface area contributed by atoms with Gasteiger partial charge in [0.05, 0.1) is 18.5 Å². The molecule has 0 aliphatic carbocycles. The number of rotatable bonds is 6. The summed E-state index contributed by atoms with van der Waals surface area (Å²) in [6.07, 6.45) is 2.29. The molecule has 7 heteroatoms. The minimum atomic E-state index is 0.314. The van der Waals surface area contributed by atoms with Gasteiger partial charge in [-0.15, -0.1) is 10.2 Å². The molecule has 2 aromatic heterocycles. The van der Waals surface area contributed by atoms with Crippen LogP contribution in [0.3, 0.4) is 0 Å². The van der Waals surface area contributed by atoms with Crippen molar-refractivity contribution in [3.05, 3.63) is 18.4 Å². The van der Waals surface area contributed by atoms with E-state index in [0.29, 0.717) is 12.2 Å². The van der Waals surface area contributed by atoms with Crippen LogP contribution in [0.4, 0.5) is 0 Å². The van der Waals surface area contributed by atoms with E-state index >= 15 is 0 Å². The number of thioether (sulfide) groups is 1. The number of hydrogen-bond acceptors (Lipinski definition) is 6. The van der Waals surface area contributed by atoms with Gasteiger partial charge in [0.25, 0.3) is 0 Å². The molecule has 1 saturated heterocycles. The Morgan fingerprint density at radius 2 is 2.04 bits per heavy atom. The molecule has 0 spiro atoms. The third kappa shape index (κ3) is 3.97. The van der Waals surface area contributed by atoms with Gasteiger partial charge >= 0.3 is 0 Å². The molecule has 3 rings (SSSR count). The van der Waals surface area contributed by atoms with Crippen LogP contribution in [0, 0.1) is 0 Å². The smallest absolute Gasteiger partial charge is 0.200 e. The zero-order valence-corrected chi connectivity index (χ0v) is 14.8. The van der Waals surface area contributed by atoms with Gasteiger partial charge in [-0.2, -0.15) is 0 Å². The van der Waals surface area contributed by atoms with Crippen LogP contribution in [0.1, 0.15) is 20.8 Å². The van der Waals surface area contributed by atoms with Gasteiger partial charge in [0.15, 0.2) is 16.7 Å². The van der Waals surface area contributed by atoms with Crippen molar-refractivity contribution < 1.29 is 9.15 Å². The van der Waals surface area contributed by atoms with Crippen LogP contribution in [0.5, 0.6) is 0 Å². The van der Waals surface area contributed by atoms with Crippen molar-refractivity contribution in [3.63, 3.8) is 0 Å². The van der Waals surface area contributed by atoms with Gasteiger partial charge in [-0.1, -0.05) is 11.8 Å². The highest BCUT2D eigenvalue weighted by Gasteiger charge is 2.22. The van der Waals surface area contributed by atoms with E-state index < -0.39 is 0 Å². The summed E-state index contributed by atoms with van der Waals surface area (Å²) < 4.78 is 13.3. The fourth-order valence-corrected chi connectivity index (χ4v) is 4.00. The van der Waals surface area contributed by atoms with E-state index in [2.05, 4.69) is 40.4 Å². The summed E-state index contributed by atoms with van der Waals surface area (Å²) in [5.41, 5.74) is 0. The van der Waals surface area contributed by atoms with E-state index in [-0.39, 0.29) is 0 Å². The predicted octanol–water partition coefficient (Wildman–Crippen LogP) is 2.76. The highest BCUT2D eigenvalue weighted by molar-refractivity contribution is 7.99. The van der Waals surface area contributed by atoms with E-state index in [1.165, 1.54) is 0 Å². The van der Waals surface area contributed by atoms with Crippen LogP contribution < -0.4 is 0 Å². The maximum atomic E-state index is 5.78. The molecule has 3 heterocycles. The van der Waals surface area contributed by atoms with E-state index in [4.69, 9.17) is 9.15 Å². The Morgan fingerprint density at radius 3 is 2.70 bits per heavy atom. The molecule has 1 aliphatic rings. The normalized spacial score (nSPS) is 22.6. The summed E-state index contributed by atoms with van der Waals surface area (Å²) in [7, 11) is 0. The summed E-state index contributed by atoms with van der Waals surface area (Å²) in [4.78, 5) is 2.46. The van der Waals surface area contributed by atoms with Crippen molar-refractivity contribution in [1.82, 2.24) is 19.7 Å². The second kappa shape index (κ2) is 7.51. The summed E-state index contributed by atoms with van der Waals surface area (Å²) >= 11 is 1.75. The van der Waals surface area contributed by atoms with E-state index in [1.54, 1.807) is 18.0 Å². The zero-order chi connectivity index (χ0) is 16.2. The van der Waals surface area contributed by atoms with Gasteiger partial charge in [0.1, 0.15) is 0 Å². The van der Waals surface area contributed by atoms with E-state index in [1.807, 2.05) is 12.1 Å². The molecular weight excluding hydrogens is 312 g/mol. The Hall–Kier alpha value is -1.31. The van der Waals surface area contributed by atoms with Crippen LogP contribution in [0.15, 0.2) is 28.0 Å². The molecule has 0 bridgehead atoms. The largest absolute Gasteiger partial charge is 0.461 e. The highest BCUT2D eigenvalue weighted by Crippen LogP contribution is 2.24. The van der Waals surface area contributed by atoms with Crippen molar-refractivity contribution in [2.75, 3.05) is 25.4 Å². The molecular formula is C16H24N4O2S. The maximum absolute atomic E-state index is 5.78. The summed E-state index contributed by atoms with van der Waals surface area (Å²) in [5.74, 6) is 2.56. The van der Waals surface area contributed by atoms with Gasteiger partial charge in [0, 0.05) is 31.9 Å². The van der Waals surface area contributed by atoms with Crippen LogP contribution in [0.25, 0.3) is 11.6 Å². The lowest BCUT2D eigenvalue weighted by molar-refractivity contribution is -0.0661. The number of morpholine rings is 1. The minimum absolute atomic E-state index is 0.314. The van der Waals surface area contributed by atoms with Crippen molar-refractivity contribution in [1.29, 1.82) is 0 Å². The van der Waals surface area contributed by atoms with E-state index in [9.17, 15) is 0 Å². The first-order valence-electron chi connectivity index (χ1n) is 8.15. The van der Waals surface area contributed by atoms with Crippen LogP contribution >= 0.6 is 11.8 Å². The number of aromatic nitrogens is 3. The van der Waals surface area contributed by atoms with Crippen molar-refractivity contribution in [2.45, 2.75) is 44.7 Å². The lowest BCUT2D eigenvalue weighted by Crippen LogP contribution is -2.46. The van der Waals surface area contributed by atoms with Crippen LogP contribution in [0.2, 0.25) is 0 Å². The Labute approximate surface area is 141 Å². The Balaban J connectivity index is 1.58. The zero-order valence-electron chi connectivity index (χ0n) is 13.9. The molecule has 23 heavy (non-hydrogen) atoms. The van der Waals surface area contributed by atoms with Gasteiger partial charge in [-0.3, -0.25) is 9.47 Å². The van der Waals surface area contributed by atoms with Gasteiger partial charge in [-0.25, -0.2) is 0 Å². The Bertz CT molecular complexity index is 604. The van der Waals surface area contributed by atoms with Crippen molar-refractivity contribution >= 4 is 11.8 Å². The number of furan rings is 1.